The Labute approximate surface area is 117 Å². The zero-order chi connectivity index (χ0) is 13.8. The number of likely N-dealkylation sites (N-methyl/N-ethyl adjacent to an activating group) is 1. The highest BCUT2D eigenvalue weighted by atomic mass is 16.2. The van der Waals surface area contributed by atoms with Crippen molar-refractivity contribution in [3.63, 3.8) is 0 Å². The summed E-state index contributed by atoms with van der Waals surface area (Å²) in [5.41, 5.74) is 5.66. The molecule has 1 saturated heterocycles. The smallest absolute Gasteiger partial charge is 0.226 e. The number of carbonyl (C=O) groups is 1. The van der Waals surface area contributed by atoms with E-state index in [1.165, 1.54) is 12.8 Å². The number of hydrogen-bond donors (Lipinski definition) is 1. The first kappa shape index (κ1) is 14.8. The lowest BCUT2D eigenvalue weighted by molar-refractivity contribution is -0.141. The van der Waals surface area contributed by atoms with E-state index in [1.807, 2.05) is 0 Å². The lowest BCUT2D eigenvalue weighted by Gasteiger charge is -2.41. The van der Waals surface area contributed by atoms with Gasteiger partial charge in [0.1, 0.15) is 0 Å². The molecule has 0 spiro atoms. The molecule has 3 unspecified atom stereocenters. The van der Waals surface area contributed by atoms with E-state index in [0.717, 1.165) is 45.4 Å². The number of hydrogen-bond acceptors (Lipinski definition) is 3. The molecule has 2 rings (SSSR count). The number of piperazine rings is 1. The molecule has 1 saturated carbocycles. The van der Waals surface area contributed by atoms with Gasteiger partial charge in [-0.2, -0.15) is 0 Å². The van der Waals surface area contributed by atoms with Crippen LogP contribution in [0.1, 0.15) is 39.0 Å². The Hall–Kier alpha value is -0.610. The predicted molar refractivity (Wildman–Crippen MR) is 77.8 cm³/mol. The van der Waals surface area contributed by atoms with Gasteiger partial charge in [0.2, 0.25) is 5.91 Å². The summed E-state index contributed by atoms with van der Waals surface area (Å²) in [7, 11) is 2.14. The average Bonchev–Trinajstić information content (AvgIpc) is 2.39. The molecule has 1 aliphatic heterocycles. The highest BCUT2D eigenvalue weighted by molar-refractivity contribution is 5.79. The van der Waals surface area contributed by atoms with E-state index in [2.05, 4.69) is 23.8 Å². The second kappa shape index (κ2) is 6.71. The van der Waals surface area contributed by atoms with Crippen LogP contribution in [0.2, 0.25) is 0 Å². The normalized spacial score (nSPS) is 33.4. The standard InChI is InChI=1S/C15H29N3O/c1-12-11-17(2)8-9-18(12)15(19)14-5-3-4-13(10-14)6-7-16/h12-14H,3-11,16H2,1-2H3. The van der Waals surface area contributed by atoms with Crippen LogP contribution in [0.15, 0.2) is 0 Å². The Morgan fingerprint density at radius 3 is 2.79 bits per heavy atom. The number of nitrogens with zero attached hydrogens (tertiary/aromatic N) is 2. The third-order valence-electron chi connectivity index (χ3n) is 4.82. The van der Waals surface area contributed by atoms with Gasteiger partial charge in [0.15, 0.2) is 0 Å². The fourth-order valence-corrected chi connectivity index (χ4v) is 3.71. The summed E-state index contributed by atoms with van der Waals surface area (Å²) in [5.74, 6) is 1.34. The van der Waals surface area contributed by atoms with Gasteiger partial charge in [0.25, 0.3) is 0 Å². The minimum atomic E-state index is 0.260. The average molecular weight is 267 g/mol. The summed E-state index contributed by atoms with van der Waals surface area (Å²) >= 11 is 0. The Morgan fingerprint density at radius 1 is 1.32 bits per heavy atom. The molecule has 0 aromatic carbocycles. The van der Waals surface area contributed by atoms with Crippen LogP contribution >= 0.6 is 0 Å². The van der Waals surface area contributed by atoms with Crippen LogP contribution in [0.5, 0.6) is 0 Å². The third-order valence-corrected chi connectivity index (χ3v) is 4.82. The number of amides is 1. The van der Waals surface area contributed by atoms with Crippen LogP contribution in [-0.2, 0) is 4.79 Å². The van der Waals surface area contributed by atoms with Crippen molar-refractivity contribution >= 4 is 5.91 Å². The first-order chi connectivity index (χ1) is 9.11. The molecule has 3 atom stereocenters. The molecule has 0 aromatic heterocycles. The van der Waals surface area contributed by atoms with Gasteiger partial charge in [0, 0.05) is 31.6 Å². The molecule has 2 aliphatic rings. The van der Waals surface area contributed by atoms with Crippen LogP contribution in [-0.4, -0.2) is 55.0 Å². The molecule has 2 fully saturated rings. The first-order valence-electron chi connectivity index (χ1n) is 7.81. The minimum Gasteiger partial charge on any atom is -0.337 e. The van der Waals surface area contributed by atoms with Crippen molar-refractivity contribution in [1.29, 1.82) is 0 Å². The van der Waals surface area contributed by atoms with Gasteiger partial charge in [-0.25, -0.2) is 0 Å². The van der Waals surface area contributed by atoms with Crippen LogP contribution < -0.4 is 5.73 Å². The van der Waals surface area contributed by atoms with E-state index in [9.17, 15) is 4.79 Å². The second-order valence-electron chi connectivity index (χ2n) is 6.45. The molecule has 110 valence electrons. The molecule has 2 N–H and O–H groups in total. The minimum absolute atomic E-state index is 0.260. The first-order valence-corrected chi connectivity index (χ1v) is 7.81. The Balaban J connectivity index is 1.91. The van der Waals surface area contributed by atoms with Gasteiger partial charge in [-0.1, -0.05) is 12.8 Å². The number of rotatable bonds is 3. The van der Waals surface area contributed by atoms with Crippen molar-refractivity contribution in [3.8, 4) is 0 Å². The van der Waals surface area contributed by atoms with Crippen LogP contribution in [0.25, 0.3) is 0 Å². The zero-order valence-electron chi connectivity index (χ0n) is 12.5. The van der Waals surface area contributed by atoms with Crippen molar-refractivity contribution in [1.82, 2.24) is 9.80 Å². The molecular weight excluding hydrogens is 238 g/mol. The molecule has 4 heteroatoms. The summed E-state index contributed by atoms with van der Waals surface area (Å²) in [5, 5.41) is 0. The Kier molecular flexibility index (Phi) is 5.22. The Morgan fingerprint density at radius 2 is 2.11 bits per heavy atom. The summed E-state index contributed by atoms with van der Waals surface area (Å²) in [4.78, 5) is 17.1. The molecule has 0 aromatic rings. The maximum Gasteiger partial charge on any atom is 0.226 e. The van der Waals surface area contributed by atoms with Crippen molar-refractivity contribution < 1.29 is 4.79 Å². The number of nitrogens with two attached hydrogens (primary N) is 1. The van der Waals surface area contributed by atoms with Gasteiger partial charge in [-0.15, -0.1) is 0 Å². The molecule has 0 radical (unpaired) electrons. The van der Waals surface area contributed by atoms with E-state index in [0.29, 0.717) is 17.9 Å². The van der Waals surface area contributed by atoms with Crippen LogP contribution in [0, 0.1) is 11.8 Å². The highest BCUT2D eigenvalue weighted by Crippen LogP contribution is 2.32. The summed E-state index contributed by atoms with van der Waals surface area (Å²) in [6, 6.07) is 0.362. The van der Waals surface area contributed by atoms with Gasteiger partial charge in [-0.05, 0) is 45.7 Å². The zero-order valence-corrected chi connectivity index (χ0v) is 12.5. The van der Waals surface area contributed by atoms with Gasteiger partial charge in [-0.3, -0.25) is 4.79 Å². The summed E-state index contributed by atoms with van der Waals surface area (Å²) < 4.78 is 0. The maximum absolute atomic E-state index is 12.7. The van der Waals surface area contributed by atoms with Gasteiger partial charge in [0.05, 0.1) is 0 Å². The maximum atomic E-state index is 12.7. The quantitative estimate of drug-likeness (QED) is 0.838. The fourth-order valence-electron chi connectivity index (χ4n) is 3.71. The molecular formula is C15H29N3O. The molecule has 1 amide bonds. The van der Waals surface area contributed by atoms with E-state index >= 15 is 0 Å². The van der Waals surface area contributed by atoms with Crippen molar-refractivity contribution in [3.05, 3.63) is 0 Å². The van der Waals surface area contributed by atoms with Crippen molar-refractivity contribution in [2.24, 2.45) is 17.6 Å². The Bertz CT molecular complexity index is 306. The van der Waals surface area contributed by atoms with Crippen LogP contribution in [0.4, 0.5) is 0 Å². The van der Waals surface area contributed by atoms with Crippen molar-refractivity contribution in [2.45, 2.75) is 45.1 Å². The molecule has 0 bridgehead atoms. The predicted octanol–water partition coefficient (Wildman–Crippen LogP) is 1.30. The lowest BCUT2D eigenvalue weighted by Crippen LogP contribution is -2.54. The lowest BCUT2D eigenvalue weighted by atomic mass is 9.79. The summed E-state index contributed by atoms with van der Waals surface area (Å²) in [6.45, 7) is 5.85. The topological polar surface area (TPSA) is 49.6 Å². The largest absolute Gasteiger partial charge is 0.337 e. The van der Waals surface area contributed by atoms with E-state index in [4.69, 9.17) is 5.73 Å². The molecule has 4 nitrogen and oxygen atoms in total. The van der Waals surface area contributed by atoms with E-state index in [1.54, 1.807) is 0 Å². The van der Waals surface area contributed by atoms with E-state index in [-0.39, 0.29) is 5.92 Å². The third kappa shape index (κ3) is 3.69. The molecule has 1 heterocycles. The van der Waals surface area contributed by atoms with Crippen LogP contribution in [0.3, 0.4) is 0 Å². The van der Waals surface area contributed by atoms with E-state index < -0.39 is 0 Å². The summed E-state index contributed by atoms with van der Waals surface area (Å²) in [6.07, 6.45) is 5.69. The SMILES string of the molecule is CC1CN(C)CCN1C(=O)C1CCCC(CCN)C1. The van der Waals surface area contributed by atoms with Gasteiger partial charge >= 0.3 is 0 Å². The van der Waals surface area contributed by atoms with Gasteiger partial charge < -0.3 is 15.5 Å². The monoisotopic (exact) mass is 267 g/mol. The second-order valence-corrected chi connectivity index (χ2v) is 6.45. The number of carbonyl (C=O) groups excluding carboxylic acids is 1. The highest BCUT2D eigenvalue weighted by Gasteiger charge is 2.33. The fraction of sp³-hybridized carbons (Fsp3) is 0.933. The molecule has 19 heavy (non-hydrogen) atoms. The van der Waals surface area contributed by atoms with Crippen molar-refractivity contribution in [2.75, 3.05) is 33.2 Å². The molecule has 1 aliphatic carbocycles.